The van der Waals surface area contributed by atoms with Crippen molar-refractivity contribution in [1.82, 2.24) is 20.9 Å². The minimum atomic E-state index is -5.53. The van der Waals surface area contributed by atoms with E-state index in [2.05, 4.69) is 10.6 Å². The van der Waals surface area contributed by atoms with Crippen molar-refractivity contribution in [3.63, 3.8) is 0 Å². The maximum atomic E-state index is 14.0. The molecule has 6 aliphatic rings. The number of rotatable bonds is 7. The average molecular weight is 590 g/mol. The summed E-state index contributed by atoms with van der Waals surface area (Å²) in [6.07, 6.45) is -9.28. The first kappa shape index (κ1) is 28.1. The van der Waals surface area contributed by atoms with E-state index in [-0.39, 0.29) is 24.4 Å². The van der Waals surface area contributed by atoms with Crippen molar-refractivity contribution in [1.29, 1.82) is 5.26 Å². The molecule has 4 saturated carbocycles. The quantitative estimate of drug-likeness (QED) is 0.392. The Morgan fingerprint density at radius 2 is 1.73 bits per heavy atom. The molecule has 6 atom stereocenters. The Balaban J connectivity index is 1.26. The molecule has 224 valence electrons. The summed E-state index contributed by atoms with van der Waals surface area (Å²) in [6, 6.07) is -3.11. The van der Waals surface area contributed by atoms with E-state index in [1.54, 1.807) is 0 Å². The van der Waals surface area contributed by atoms with Crippen LogP contribution in [-0.4, -0.2) is 71.1 Å². The number of hydrogen-bond acceptors (Lipinski definition) is 5. The monoisotopic (exact) mass is 589 g/mol. The van der Waals surface area contributed by atoms with Crippen LogP contribution in [0.5, 0.6) is 0 Å². The predicted octanol–water partition coefficient (Wildman–Crippen LogP) is 2.07. The van der Waals surface area contributed by atoms with Crippen LogP contribution >= 0.6 is 0 Å². The Morgan fingerprint density at radius 1 is 1.10 bits per heavy atom. The third kappa shape index (κ3) is 3.60. The number of nitrogens with zero attached hydrogens (tertiary/aromatic N) is 2. The highest BCUT2D eigenvalue weighted by Gasteiger charge is 3.02. The molecule has 2 saturated heterocycles. The molecule has 15 heteroatoms. The van der Waals surface area contributed by atoms with E-state index in [0.29, 0.717) is 12.8 Å². The number of alkyl halides is 6. The number of nitrogens with one attached hydrogen (secondary N) is 3. The summed E-state index contributed by atoms with van der Waals surface area (Å²) < 4.78 is 81.4. The van der Waals surface area contributed by atoms with Crippen LogP contribution in [0.15, 0.2) is 0 Å². The van der Waals surface area contributed by atoms with Gasteiger partial charge in [0.15, 0.2) is 0 Å². The highest BCUT2D eigenvalue weighted by atomic mass is 19.4. The van der Waals surface area contributed by atoms with Gasteiger partial charge in [0.1, 0.15) is 18.1 Å². The summed E-state index contributed by atoms with van der Waals surface area (Å²) in [6.45, 7) is 3.53. The van der Waals surface area contributed by atoms with Gasteiger partial charge >= 0.3 is 18.3 Å². The van der Waals surface area contributed by atoms with Gasteiger partial charge in [-0.15, -0.1) is 0 Å². The molecule has 9 nitrogen and oxygen atoms in total. The fraction of sp³-hybridized carbons (Fsp3) is 0.808. The van der Waals surface area contributed by atoms with Crippen LogP contribution in [0, 0.1) is 38.9 Å². The zero-order valence-corrected chi connectivity index (χ0v) is 22.3. The van der Waals surface area contributed by atoms with Gasteiger partial charge in [-0.3, -0.25) is 19.2 Å². The van der Waals surface area contributed by atoms with Crippen LogP contribution in [0.4, 0.5) is 26.3 Å². The average Bonchev–Trinajstić information content (AvgIpc) is 3.80. The van der Waals surface area contributed by atoms with Gasteiger partial charge in [0, 0.05) is 28.8 Å². The molecule has 6 fully saturated rings. The Bertz CT molecular complexity index is 1300. The maximum absolute atomic E-state index is 14.0. The van der Waals surface area contributed by atoms with E-state index in [4.69, 9.17) is 0 Å². The highest BCUT2D eigenvalue weighted by molar-refractivity contribution is 5.97. The van der Waals surface area contributed by atoms with Crippen molar-refractivity contribution >= 4 is 23.6 Å². The number of halogens is 6. The second kappa shape index (κ2) is 7.86. The smallest absolute Gasteiger partial charge is 0.350 e. The standard InChI is InChI=1S/C26H29F6N5O4/c1-20(2)23-10-24(20,23)15(17(39)34-13(9-33)7-12-8-21(3-4-21)36-16(12)38)37(11-23)18(40)14(35-19(41)25(27,28)29)22(5-6-22)26(30,31)32/h12-15H,3-8,10-11H2,1-2H3,(H,34,39)(H,35,41)(H,36,38)/t12-,13+,14?,15-,23?,24?/m1/s1. The molecule has 41 heavy (non-hydrogen) atoms. The van der Waals surface area contributed by atoms with Crippen LogP contribution in [0.3, 0.4) is 0 Å². The summed E-state index contributed by atoms with van der Waals surface area (Å²) in [5.74, 6) is -5.65. The van der Waals surface area contributed by atoms with Gasteiger partial charge in [0.2, 0.25) is 17.7 Å². The van der Waals surface area contributed by atoms with Crippen molar-refractivity contribution in [2.24, 2.45) is 27.6 Å². The molecule has 0 aromatic carbocycles. The molecule has 0 bridgehead atoms. The number of amides is 4. The van der Waals surface area contributed by atoms with Gasteiger partial charge < -0.3 is 20.9 Å². The summed E-state index contributed by atoms with van der Waals surface area (Å²) in [7, 11) is 0. The molecule has 1 spiro atoms. The first-order valence-corrected chi connectivity index (χ1v) is 13.6. The summed E-state index contributed by atoms with van der Waals surface area (Å²) >= 11 is 0. The second-order valence-electron chi connectivity index (χ2n) is 13.4. The number of likely N-dealkylation sites (tertiary alicyclic amines) is 1. The number of nitriles is 1. The molecule has 3 unspecified atom stereocenters. The number of carbonyl (C=O) groups excluding carboxylic acids is 4. The zero-order valence-electron chi connectivity index (χ0n) is 22.3. The first-order valence-electron chi connectivity index (χ1n) is 13.6. The molecule has 0 aromatic heterocycles. The minimum Gasteiger partial charge on any atom is -0.350 e. The van der Waals surface area contributed by atoms with Crippen molar-refractivity contribution in [3.05, 3.63) is 0 Å². The van der Waals surface area contributed by atoms with Gasteiger partial charge in [0.25, 0.3) is 0 Å². The van der Waals surface area contributed by atoms with Crippen molar-refractivity contribution in [3.8, 4) is 6.07 Å². The lowest BCUT2D eigenvalue weighted by molar-refractivity contribution is -0.204. The lowest BCUT2D eigenvalue weighted by Crippen LogP contribution is -2.63. The summed E-state index contributed by atoms with van der Waals surface area (Å²) in [5.41, 5.74) is -5.03. The van der Waals surface area contributed by atoms with E-state index < -0.39 is 88.6 Å². The largest absolute Gasteiger partial charge is 0.471 e. The van der Waals surface area contributed by atoms with Gasteiger partial charge in [0.05, 0.1) is 11.5 Å². The Hall–Kier alpha value is -3.05. The molecule has 0 aromatic rings. The molecule has 4 amide bonds. The zero-order chi connectivity index (χ0) is 30.2. The van der Waals surface area contributed by atoms with Gasteiger partial charge in [-0.2, -0.15) is 31.6 Å². The van der Waals surface area contributed by atoms with Gasteiger partial charge in [-0.1, -0.05) is 13.8 Å². The van der Waals surface area contributed by atoms with Crippen LogP contribution in [0.25, 0.3) is 0 Å². The first-order chi connectivity index (χ1) is 18.8. The molecular formula is C26H29F6N5O4. The fourth-order valence-electron chi connectivity index (χ4n) is 8.29. The fourth-order valence-corrected chi connectivity index (χ4v) is 8.29. The summed E-state index contributed by atoms with van der Waals surface area (Å²) in [5, 5.41) is 16.5. The topological polar surface area (TPSA) is 131 Å². The number of carbonyl (C=O) groups is 4. The molecule has 3 N–H and O–H groups in total. The third-order valence-corrected chi connectivity index (χ3v) is 11.2. The van der Waals surface area contributed by atoms with Crippen molar-refractivity contribution < 1.29 is 45.5 Å². The molecular weight excluding hydrogens is 560 g/mol. The minimum absolute atomic E-state index is 0.000521. The summed E-state index contributed by atoms with van der Waals surface area (Å²) in [4.78, 5) is 52.4. The maximum Gasteiger partial charge on any atom is 0.471 e. The lowest BCUT2D eigenvalue weighted by Gasteiger charge is -2.42. The number of piperidine rings is 2. The van der Waals surface area contributed by atoms with E-state index >= 15 is 0 Å². The molecule has 2 heterocycles. The number of hydrogen-bond donors (Lipinski definition) is 3. The Morgan fingerprint density at radius 3 is 2.20 bits per heavy atom. The highest BCUT2D eigenvalue weighted by Crippen LogP contribution is 3.00. The van der Waals surface area contributed by atoms with Gasteiger partial charge in [-0.25, -0.2) is 0 Å². The molecule has 0 radical (unpaired) electrons. The Labute approximate surface area is 230 Å². The van der Waals surface area contributed by atoms with E-state index in [0.717, 1.165) is 17.7 Å². The van der Waals surface area contributed by atoms with Crippen molar-refractivity contribution in [2.75, 3.05) is 6.54 Å². The second-order valence-corrected chi connectivity index (χ2v) is 13.4. The normalized spacial score (nSPS) is 35.8. The van der Waals surface area contributed by atoms with E-state index in [1.807, 2.05) is 19.9 Å². The van der Waals surface area contributed by atoms with Crippen LogP contribution in [-0.2, 0) is 19.2 Å². The van der Waals surface area contributed by atoms with E-state index in [1.165, 1.54) is 5.32 Å². The lowest BCUT2D eigenvalue weighted by atomic mass is 9.80. The van der Waals surface area contributed by atoms with E-state index in [9.17, 15) is 50.8 Å². The van der Waals surface area contributed by atoms with Crippen LogP contribution in [0.1, 0.15) is 58.8 Å². The SMILES string of the molecule is CC1(C)C23CN(C(=O)C(NC(=O)C(F)(F)F)C4(C(F)(F)F)CC4)[C@H](C(=O)N[C@H](C#N)C[C@@H]4CC5(CC5)NC4=O)C12C3. The van der Waals surface area contributed by atoms with Crippen LogP contribution in [0.2, 0.25) is 0 Å². The predicted molar refractivity (Wildman–Crippen MR) is 125 cm³/mol. The molecule has 4 aliphatic carbocycles. The van der Waals surface area contributed by atoms with Crippen LogP contribution < -0.4 is 16.0 Å². The van der Waals surface area contributed by atoms with Crippen molar-refractivity contribution in [2.45, 2.75) is 94.8 Å². The molecule has 2 aliphatic heterocycles. The molecule has 6 rings (SSSR count). The third-order valence-electron chi connectivity index (χ3n) is 11.2. The Kier molecular flexibility index (Phi) is 5.38. The van der Waals surface area contributed by atoms with Gasteiger partial charge in [-0.05, 0) is 50.4 Å².